The summed E-state index contributed by atoms with van der Waals surface area (Å²) in [5, 5.41) is 0. The first-order valence-electron chi connectivity index (χ1n) is 10.3. The highest BCUT2D eigenvalue weighted by atomic mass is 16.6. The molecule has 156 valence electrons. The minimum atomic E-state index is -0.959. The van der Waals surface area contributed by atoms with Gasteiger partial charge in [-0.25, -0.2) is 0 Å². The molecule has 0 radical (unpaired) electrons. The second-order valence-corrected chi connectivity index (χ2v) is 6.99. The molecular formula is C24H31NO4. The van der Waals surface area contributed by atoms with Gasteiger partial charge >= 0.3 is 11.9 Å². The smallest absolute Gasteiger partial charge is 0.322 e. The fourth-order valence-corrected chi connectivity index (χ4v) is 2.92. The number of rotatable bonds is 12. The molecule has 5 nitrogen and oxygen atoms in total. The standard InChI is InChI=1S/C24H31NO4/c1-3-5-16-25(4-2)17-22(23(26)28-18-20-12-8-6-9-13-20)24(27)29-19-21-14-10-7-11-15-21/h6-15,22H,3-5,16-19H2,1-2H3. The van der Waals surface area contributed by atoms with Gasteiger partial charge in [0.15, 0.2) is 5.92 Å². The van der Waals surface area contributed by atoms with Gasteiger partial charge in [-0.05, 0) is 30.6 Å². The molecule has 0 saturated heterocycles. The molecule has 0 unspecified atom stereocenters. The van der Waals surface area contributed by atoms with Gasteiger partial charge in [0.2, 0.25) is 0 Å². The molecule has 0 spiro atoms. The van der Waals surface area contributed by atoms with Crippen LogP contribution >= 0.6 is 0 Å². The van der Waals surface area contributed by atoms with E-state index in [0.29, 0.717) is 6.54 Å². The van der Waals surface area contributed by atoms with E-state index >= 15 is 0 Å². The first kappa shape index (κ1) is 22.6. The topological polar surface area (TPSA) is 55.8 Å². The van der Waals surface area contributed by atoms with Crippen molar-refractivity contribution in [3.63, 3.8) is 0 Å². The molecule has 0 aromatic heterocycles. The first-order valence-corrected chi connectivity index (χ1v) is 10.3. The zero-order chi connectivity index (χ0) is 20.9. The average molecular weight is 398 g/mol. The summed E-state index contributed by atoms with van der Waals surface area (Å²) in [5.41, 5.74) is 1.77. The summed E-state index contributed by atoms with van der Waals surface area (Å²) in [5.74, 6) is -2.04. The molecule has 0 aliphatic carbocycles. The Labute approximate surface area is 173 Å². The van der Waals surface area contributed by atoms with Gasteiger partial charge in [0.25, 0.3) is 0 Å². The van der Waals surface area contributed by atoms with E-state index in [4.69, 9.17) is 9.47 Å². The third-order valence-corrected chi connectivity index (χ3v) is 4.73. The third kappa shape index (κ3) is 8.08. The zero-order valence-electron chi connectivity index (χ0n) is 17.4. The second kappa shape index (κ2) is 12.7. The number of benzene rings is 2. The molecule has 0 saturated carbocycles. The van der Waals surface area contributed by atoms with Crippen LogP contribution in [0.5, 0.6) is 0 Å². The van der Waals surface area contributed by atoms with E-state index in [9.17, 15) is 9.59 Å². The molecule has 0 aliphatic rings. The maximum absolute atomic E-state index is 12.7. The average Bonchev–Trinajstić information content (AvgIpc) is 2.77. The van der Waals surface area contributed by atoms with Gasteiger partial charge < -0.3 is 14.4 Å². The summed E-state index contributed by atoms with van der Waals surface area (Å²) >= 11 is 0. The van der Waals surface area contributed by atoms with Crippen molar-refractivity contribution < 1.29 is 19.1 Å². The summed E-state index contributed by atoms with van der Waals surface area (Å²) in [6.45, 7) is 6.32. The summed E-state index contributed by atoms with van der Waals surface area (Å²) in [6, 6.07) is 18.9. The van der Waals surface area contributed by atoms with Crippen LogP contribution in [0.15, 0.2) is 60.7 Å². The van der Waals surface area contributed by atoms with Gasteiger partial charge in [-0.2, -0.15) is 0 Å². The number of hydrogen-bond donors (Lipinski definition) is 0. The van der Waals surface area contributed by atoms with Crippen molar-refractivity contribution in [3.05, 3.63) is 71.8 Å². The van der Waals surface area contributed by atoms with E-state index in [-0.39, 0.29) is 13.2 Å². The van der Waals surface area contributed by atoms with E-state index in [1.807, 2.05) is 67.6 Å². The Morgan fingerprint density at radius 3 is 1.72 bits per heavy atom. The van der Waals surface area contributed by atoms with Crippen molar-refractivity contribution in [3.8, 4) is 0 Å². The Kier molecular flexibility index (Phi) is 9.93. The maximum atomic E-state index is 12.7. The minimum Gasteiger partial charge on any atom is -0.460 e. The minimum absolute atomic E-state index is 0.142. The highest BCUT2D eigenvalue weighted by Gasteiger charge is 2.31. The van der Waals surface area contributed by atoms with Crippen LogP contribution in [0.25, 0.3) is 0 Å². The predicted molar refractivity (Wildman–Crippen MR) is 113 cm³/mol. The van der Waals surface area contributed by atoms with E-state index in [2.05, 4.69) is 11.8 Å². The van der Waals surface area contributed by atoms with Crippen LogP contribution in [0.1, 0.15) is 37.8 Å². The highest BCUT2D eigenvalue weighted by Crippen LogP contribution is 2.12. The highest BCUT2D eigenvalue weighted by molar-refractivity contribution is 5.95. The van der Waals surface area contributed by atoms with E-state index < -0.39 is 17.9 Å². The van der Waals surface area contributed by atoms with E-state index in [1.54, 1.807) is 0 Å². The molecule has 29 heavy (non-hydrogen) atoms. The molecular weight excluding hydrogens is 366 g/mol. The van der Waals surface area contributed by atoms with Crippen LogP contribution in [-0.2, 0) is 32.3 Å². The molecule has 2 aromatic rings. The molecule has 0 atom stereocenters. The number of carbonyl (C=O) groups is 2. The largest absolute Gasteiger partial charge is 0.460 e. The van der Waals surface area contributed by atoms with E-state index in [0.717, 1.165) is 37.1 Å². The van der Waals surface area contributed by atoms with Gasteiger partial charge in [0.1, 0.15) is 13.2 Å². The van der Waals surface area contributed by atoms with Crippen molar-refractivity contribution in [2.24, 2.45) is 5.92 Å². The van der Waals surface area contributed by atoms with Gasteiger partial charge in [-0.15, -0.1) is 0 Å². The number of esters is 2. The van der Waals surface area contributed by atoms with Crippen LogP contribution in [0.2, 0.25) is 0 Å². The molecule has 0 amide bonds. The lowest BCUT2D eigenvalue weighted by atomic mass is 10.1. The van der Waals surface area contributed by atoms with Gasteiger partial charge in [-0.3, -0.25) is 9.59 Å². The lowest BCUT2D eigenvalue weighted by Gasteiger charge is -2.24. The van der Waals surface area contributed by atoms with Gasteiger partial charge in [-0.1, -0.05) is 80.9 Å². The lowest BCUT2D eigenvalue weighted by Crippen LogP contribution is -2.39. The number of hydrogen-bond acceptors (Lipinski definition) is 5. The molecule has 2 rings (SSSR count). The van der Waals surface area contributed by atoms with Crippen molar-refractivity contribution in [1.82, 2.24) is 4.90 Å². The van der Waals surface area contributed by atoms with Crippen molar-refractivity contribution >= 4 is 11.9 Å². The molecule has 0 fully saturated rings. The summed E-state index contributed by atoms with van der Waals surface area (Å²) < 4.78 is 10.9. The number of carbonyl (C=O) groups excluding carboxylic acids is 2. The fourth-order valence-electron chi connectivity index (χ4n) is 2.92. The quantitative estimate of drug-likeness (QED) is 0.397. The van der Waals surface area contributed by atoms with Crippen molar-refractivity contribution in [2.45, 2.75) is 39.9 Å². The van der Waals surface area contributed by atoms with Crippen LogP contribution in [0, 0.1) is 5.92 Å². The fraction of sp³-hybridized carbons (Fsp3) is 0.417. The molecule has 0 aliphatic heterocycles. The molecule has 5 heteroatoms. The predicted octanol–water partition coefficient (Wildman–Crippen LogP) is 4.21. The monoisotopic (exact) mass is 397 g/mol. The second-order valence-electron chi connectivity index (χ2n) is 6.99. The zero-order valence-corrected chi connectivity index (χ0v) is 17.4. The van der Waals surface area contributed by atoms with Crippen molar-refractivity contribution in [2.75, 3.05) is 19.6 Å². The van der Waals surface area contributed by atoms with E-state index in [1.165, 1.54) is 0 Å². The summed E-state index contributed by atoms with van der Waals surface area (Å²) in [7, 11) is 0. The van der Waals surface area contributed by atoms with Crippen molar-refractivity contribution in [1.29, 1.82) is 0 Å². The maximum Gasteiger partial charge on any atom is 0.322 e. The number of nitrogens with zero attached hydrogens (tertiary/aromatic N) is 1. The number of ether oxygens (including phenoxy) is 2. The number of unbranched alkanes of at least 4 members (excludes halogenated alkanes) is 1. The summed E-state index contributed by atoms with van der Waals surface area (Å²) in [4.78, 5) is 27.6. The normalized spacial score (nSPS) is 10.9. The summed E-state index contributed by atoms with van der Waals surface area (Å²) in [6.07, 6.45) is 2.07. The van der Waals surface area contributed by atoms with Gasteiger partial charge in [0.05, 0.1) is 0 Å². The Morgan fingerprint density at radius 2 is 1.31 bits per heavy atom. The molecule has 0 N–H and O–H groups in total. The van der Waals surface area contributed by atoms with Crippen LogP contribution in [0.4, 0.5) is 0 Å². The third-order valence-electron chi connectivity index (χ3n) is 4.73. The Morgan fingerprint density at radius 1 is 0.828 bits per heavy atom. The van der Waals surface area contributed by atoms with Crippen LogP contribution < -0.4 is 0 Å². The molecule has 0 heterocycles. The molecule has 0 bridgehead atoms. The van der Waals surface area contributed by atoms with Crippen LogP contribution in [-0.4, -0.2) is 36.5 Å². The Balaban J connectivity index is 2.01. The molecule has 2 aromatic carbocycles. The Bertz CT molecular complexity index is 678. The van der Waals surface area contributed by atoms with Gasteiger partial charge in [0, 0.05) is 6.54 Å². The van der Waals surface area contributed by atoms with Crippen LogP contribution in [0.3, 0.4) is 0 Å². The lowest BCUT2D eigenvalue weighted by molar-refractivity contribution is -0.164. The first-order chi connectivity index (χ1) is 14.1. The SMILES string of the molecule is CCCCN(CC)CC(C(=O)OCc1ccccc1)C(=O)OCc1ccccc1. The Hall–Kier alpha value is -2.66.